The summed E-state index contributed by atoms with van der Waals surface area (Å²) in [6.07, 6.45) is 0. The summed E-state index contributed by atoms with van der Waals surface area (Å²) in [5.74, 6) is 2.49. The second kappa shape index (κ2) is 4.91. The fourth-order valence-corrected chi connectivity index (χ4v) is 1.43. The average molecular weight is 210 g/mol. The van der Waals surface area contributed by atoms with Gasteiger partial charge in [-0.05, 0) is 23.6 Å². The highest BCUT2D eigenvalue weighted by molar-refractivity contribution is 5.54. The molecule has 0 saturated heterocycles. The van der Waals surface area contributed by atoms with Crippen LogP contribution in [0.5, 0.6) is 17.2 Å². The monoisotopic (exact) mass is 210 g/mol. The first-order valence-corrected chi connectivity index (χ1v) is 4.94. The van der Waals surface area contributed by atoms with Crippen LogP contribution in [0.15, 0.2) is 12.1 Å². The first-order valence-electron chi connectivity index (χ1n) is 4.94. The van der Waals surface area contributed by atoms with Crippen LogP contribution in [0.25, 0.3) is 0 Å². The molecule has 0 aliphatic heterocycles. The van der Waals surface area contributed by atoms with Gasteiger partial charge in [-0.1, -0.05) is 13.8 Å². The standard InChI is InChI=1S/C12H18O3/c1-8(2)9-6-10(13-3)12(15-5)11(7-9)14-4/h6-8H,1-5H3. The van der Waals surface area contributed by atoms with Gasteiger partial charge in [-0.15, -0.1) is 0 Å². The van der Waals surface area contributed by atoms with E-state index in [1.54, 1.807) is 21.3 Å². The van der Waals surface area contributed by atoms with Crippen LogP contribution < -0.4 is 14.2 Å². The maximum atomic E-state index is 5.26. The van der Waals surface area contributed by atoms with E-state index in [1.165, 1.54) is 5.56 Å². The Bertz CT molecular complexity index is 307. The Morgan fingerprint density at radius 1 is 0.867 bits per heavy atom. The van der Waals surface area contributed by atoms with Crippen molar-refractivity contribution in [2.24, 2.45) is 0 Å². The van der Waals surface area contributed by atoms with Gasteiger partial charge in [0, 0.05) is 0 Å². The molecule has 0 bridgehead atoms. The van der Waals surface area contributed by atoms with Gasteiger partial charge in [-0.2, -0.15) is 0 Å². The van der Waals surface area contributed by atoms with Crippen LogP contribution in [0.3, 0.4) is 0 Å². The number of hydrogen-bond acceptors (Lipinski definition) is 3. The van der Waals surface area contributed by atoms with Gasteiger partial charge in [-0.25, -0.2) is 0 Å². The van der Waals surface area contributed by atoms with E-state index in [2.05, 4.69) is 13.8 Å². The minimum Gasteiger partial charge on any atom is -0.493 e. The normalized spacial score (nSPS) is 10.3. The molecule has 0 aliphatic rings. The van der Waals surface area contributed by atoms with E-state index >= 15 is 0 Å². The topological polar surface area (TPSA) is 27.7 Å². The Kier molecular flexibility index (Phi) is 3.83. The zero-order valence-corrected chi connectivity index (χ0v) is 9.96. The molecule has 0 fully saturated rings. The molecule has 1 aromatic rings. The Hall–Kier alpha value is -1.38. The van der Waals surface area contributed by atoms with Crippen LogP contribution in [0.1, 0.15) is 25.3 Å². The minimum absolute atomic E-state index is 0.429. The second-order valence-corrected chi connectivity index (χ2v) is 3.61. The van der Waals surface area contributed by atoms with Crippen LogP contribution in [0, 0.1) is 0 Å². The van der Waals surface area contributed by atoms with Crippen LogP contribution in [-0.2, 0) is 0 Å². The van der Waals surface area contributed by atoms with Gasteiger partial charge in [0.15, 0.2) is 11.5 Å². The van der Waals surface area contributed by atoms with Crippen LogP contribution >= 0.6 is 0 Å². The number of ether oxygens (including phenoxy) is 3. The SMILES string of the molecule is COc1cc(C(C)C)cc(OC)c1OC. The van der Waals surface area contributed by atoms with Gasteiger partial charge in [-0.3, -0.25) is 0 Å². The fourth-order valence-electron chi connectivity index (χ4n) is 1.43. The summed E-state index contributed by atoms with van der Waals surface area (Å²) in [5, 5.41) is 0. The maximum Gasteiger partial charge on any atom is 0.203 e. The lowest BCUT2D eigenvalue weighted by Crippen LogP contribution is -1.97. The fraction of sp³-hybridized carbons (Fsp3) is 0.500. The predicted molar refractivity (Wildman–Crippen MR) is 60.2 cm³/mol. The van der Waals surface area contributed by atoms with Crippen molar-refractivity contribution in [3.05, 3.63) is 17.7 Å². The first-order chi connectivity index (χ1) is 7.13. The van der Waals surface area contributed by atoms with E-state index in [-0.39, 0.29) is 0 Å². The number of benzene rings is 1. The molecule has 0 unspecified atom stereocenters. The van der Waals surface area contributed by atoms with Gasteiger partial charge in [0.05, 0.1) is 21.3 Å². The lowest BCUT2D eigenvalue weighted by molar-refractivity contribution is 0.323. The highest BCUT2D eigenvalue weighted by Gasteiger charge is 2.14. The molecule has 1 rings (SSSR count). The average Bonchev–Trinajstić information content (AvgIpc) is 2.26. The Balaban J connectivity index is 3.29. The molecular weight excluding hydrogens is 192 g/mol. The molecule has 1 aromatic carbocycles. The van der Waals surface area contributed by atoms with Crippen molar-refractivity contribution in [2.75, 3.05) is 21.3 Å². The van der Waals surface area contributed by atoms with Crippen molar-refractivity contribution in [1.82, 2.24) is 0 Å². The molecule has 0 spiro atoms. The number of hydrogen-bond donors (Lipinski definition) is 0. The molecule has 3 heteroatoms. The van der Waals surface area contributed by atoms with Crippen molar-refractivity contribution >= 4 is 0 Å². The van der Waals surface area contributed by atoms with Crippen LogP contribution in [0.4, 0.5) is 0 Å². The lowest BCUT2D eigenvalue weighted by Gasteiger charge is -2.15. The summed E-state index contributed by atoms with van der Waals surface area (Å²) < 4.78 is 15.8. The van der Waals surface area contributed by atoms with E-state index in [4.69, 9.17) is 14.2 Å². The maximum absolute atomic E-state index is 5.26. The third kappa shape index (κ3) is 2.35. The second-order valence-electron chi connectivity index (χ2n) is 3.61. The minimum atomic E-state index is 0.429. The Labute approximate surface area is 91.0 Å². The summed E-state index contributed by atoms with van der Waals surface area (Å²) in [6, 6.07) is 3.96. The predicted octanol–water partition coefficient (Wildman–Crippen LogP) is 2.84. The molecule has 0 heterocycles. The van der Waals surface area contributed by atoms with E-state index < -0.39 is 0 Å². The molecule has 0 radical (unpaired) electrons. The van der Waals surface area contributed by atoms with Crippen LogP contribution in [-0.4, -0.2) is 21.3 Å². The molecule has 15 heavy (non-hydrogen) atoms. The van der Waals surface area contributed by atoms with Gasteiger partial charge in [0.25, 0.3) is 0 Å². The highest BCUT2D eigenvalue weighted by Crippen LogP contribution is 2.39. The van der Waals surface area contributed by atoms with Crippen molar-refractivity contribution in [2.45, 2.75) is 19.8 Å². The van der Waals surface area contributed by atoms with Gasteiger partial charge >= 0.3 is 0 Å². The quantitative estimate of drug-likeness (QED) is 0.764. The smallest absolute Gasteiger partial charge is 0.203 e. The summed E-state index contributed by atoms with van der Waals surface area (Å²) in [5.41, 5.74) is 1.17. The van der Waals surface area contributed by atoms with Crippen molar-refractivity contribution in [3.63, 3.8) is 0 Å². The van der Waals surface area contributed by atoms with E-state index in [0.717, 1.165) is 0 Å². The summed E-state index contributed by atoms with van der Waals surface area (Å²) in [6.45, 7) is 4.25. The third-order valence-electron chi connectivity index (χ3n) is 2.35. The molecule has 84 valence electrons. The third-order valence-corrected chi connectivity index (χ3v) is 2.35. The van der Waals surface area contributed by atoms with E-state index in [0.29, 0.717) is 23.2 Å². The van der Waals surface area contributed by atoms with Gasteiger partial charge in [0.1, 0.15) is 0 Å². The summed E-state index contributed by atoms with van der Waals surface area (Å²) in [4.78, 5) is 0. The van der Waals surface area contributed by atoms with Crippen molar-refractivity contribution < 1.29 is 14.2 Å². The van der Waals surface area contributed by atoms with Crippen molar-refractivity contribution in [1.29, 1.82) is 0 Å². The van der Waals surface area contributed by atoms with E-state index in [1.807, 2.05) is 12.1 Å². The highest BCUT2D eigenvalue weighted by atomic mass is 16.5. The van der Waals surface area contributed by atoms with Crippen LogP contribution in [0.2, 0.25) is 0 Å². The largest absolute Gasteiger partial charge is 0.493 e. The zero-order chi connectivity index (χ0) is 11.4. The molecule has 0 amide bonds. The summed E-state index contributed by atoms with van der Waals surface area (Å²) >= 11 is 0. The van der Waals surface area contributed by atoms with Crippen molar-refractivity contribution in [3.8, 4) is 17.2 Å². The Morgan fingerprint density at radius 3 is 1.60 bits per heavy atom. The first kappa shape index (κ1) is 11.7. The van der Waals surface area contributed by atoms with E-state index in [9.17, 15) is 0 Å². The molecule has 0 atom stereocenters. The van der Waals surface area contributed by atoms with Gasteiger partial charge in [0.2, 0.25) is 5.75 Å². The zero-order valence-electron chi connectivity index (χ0n) is 9.96. The summed E-state index contributed by atoms with van der Waals surface area (Å²) in [7, 11) is 4.86. The molecule has 0 aliphatic carbocycles. The number of rotatable bonds is 4. The molecular formula is C12H18O3. The molecule has 0 saturated carbocycles. The Morgan fingerprint density at radius 2 is 1.33 bits per heavy atom. The van der Waals surface area contributed by atoms with Gasteiger partial charge < -0.3 is 14.2 Å². The molecule has 0 aromatic heterocycles. The lowest BCUT2D eigenvalue weighted by atomic mass is 10.0. The number of methoxy groups -OCH3 is 3. The molecule has 3 nitrogen and oxygen atoms in total. The molecule has 0 N–H and O–H groups in total.